The van der Waals surface area contributed by atoms with Gasteiger partial charge in [-0.25, -0.2) is 4.79 Å². The van der Waals surface area contributed by atoms with Crippen LogP contribution in [-0.4, -0.2) is 28.8 Å². The Hall–Kier alpha value is -1.13. The van der Waals surface area contributed by atoms with Gasteiger partial charge >= 0.3 is 5.97 Å². The summed E-state index contributed by atoms with van der Waals surface area (Å²) in [7, 11) is 0.617. The predicted octanol–water partition coefficient (Wildman–Crippen LogP) is 3.82. The topological polar surface area (TPSA) is 46.5 Å². The van der Waals surface area contributed by atoms with Crippen molar-refractivity contribution in [1.82, 2.24) is 0 Å². The van der Waals surface area contributed by atoms with Gasteiger partial charge in [-0.3, -0.25) is 0 Å². The lowest BCUT2D eigenvalue weighted by Gasteiger charge is -2.14. The molecule has 1 unspecified atom stereocenters. The Labute approximate surface area is 117 Å². The van der Waals surface area contributed by atoms with Gasteiger partial charge in [0.1, 0.15) is 0 Å². The van der Waals surface area contributed by atoms with Gasteiger partial charge in [-0.05, 0) is 41.0 Å². The third-order valence-corrected chi connectivity index (χ3v) is 4.13. The molecule has 0 bridgehead atoms. The number of carbonyl (C=O) groups is 1. The van der Waals surface area contributed by atoms with E-state index in [4.69, 9.17) is 4.74 Å². The van der Waals surface area contributed by atoms with Crippen LogP contribution >= 0.6 is 10.8 Å². The third-order valence-electron chi connectivity index (χ3n) is 3.02. The van der Waals surface area contributed by atoms with Crippen molar-refractivity contribution in [1.29, 1.82) is 0 Å². The van der Waals surface area contributed by atoms with E-state index in [9.17, 15) is 9.35 Å². The van der Waals surface area contributed by atoms with Gasteiger partial charge in [0, 0.05) is 5.75 Å². The molecule has 0 heterocycles. The summed E-state index contributed by atoms with van der Waals surface area (Å²) in [5, 5.41) is 1.83. The lowest BCUT2D eigenvalue weighted by molar-refractivity contribution is 0.0600. The molecule has 0 fully saturated rings. The van der Waals surface area contributed by atoms with Crippen molar-refractivity contribution in [3.05, 3.63) is 34.4 Å². The molecule has 4 heteroatoms. The van der Waals surface area contributed by atoms with Crippen LogP contribution in [-0.2, 0) is 4.74 Å². The van der Waals surface area contributed by atoms with Crippen LogP contribution in [0.5, 0.6) is 0 Å². The zero-order valence-electron chi connectivity index (χ0n) is 12.2. The highest BCUT2D eigenvalue weighted by Gasteiger charge is 2.14. The highest BCUT2D eigenvalue weighted by molar-refractivity contribution is 8.10. The Balaban J connectivity index is 3.44. The van der Waals surface area contributed by atoms with Crippen LogP contribution in [0.1, 0.15) is 53.7 Å². The maximum Gasteiger partial charge on any atom is 0.338 e. The SMILES string of the molecule is CC/S(O)=C/c1cc(C(=O)OC)c(C)cc1C(C)C. The molecule has 1 atom stereocenters. The maximum absolute atomic E-state index is 11.7. The van der Waals surface area contributed by atoms with E-state index in [0.717, 1.165) is 16.7 Å². The van der Waals surface area contributed by atoms with Crippen molar-refractivity contribution in [2.24, 2.45) is 0 Å². The fraction of sp³-hybridized carbons (Fsp3) is 0.467. The second-order valence-electron chi connectivity index (χ2n) is 4.75. The van der Waals surface area contributed by atoms with Gasteiger partial charge in [0.25, 0.3) is 0 Å². The minimum absolute atomic E-state index is 0.336. The van der Waals surface area contributed by atoms with Crippen LogP contribution in [0.4, 0.5) is 0 Å². The number of esters is 1. The number of benzene rings is 1. The van der Waals surface area contributed by atoms with Gasteiger partial charge in [0.05, 0.1) is 12.7 Å². The van der Waals surface area contributed by atoms with E-state index < -0.39 is 10.8 Å². The van der Waals surface area contributed by atoms with E-state index in [1.54, 1.807) is 0 Å². The van der Waals surface area contributed by atoms with E-state index in [0.29, 0.717) is 17.2 Å². The summed E-state index contributed by atoms with van der Waals surface area (Å²) in [6.07, 6.45) is 0. The Morgan fingerprint density at radius 2 is 2.11 bits per heavy atom. The van der Waals surface area contributed by atoms with Gasteiger partial charge in [-0.2, -0.15) is 0 Å². The first-order valence-corrected chi connectivity index (χ1v) is 7.78. The Morgan fingerprint density at radius 3 is 2.58 bits per heavy atom. The molecule has 1 aromatic carbocycles. The van der Waals surface area contributed by atoms with Crippen molar-refractivity contribution >= 4 is 22.1 Å². The van der Waals surface area contributed by atoms with Crippen LogP contribution in [0, 0.1) is 6.92 Å². The second kappa shape index (κ2) is 6.87. The van der Waals surface area contributed by atoms with E-state index in [2.05, 4.69) is 13.8 Å². The van der Waals surface area contributed by atoms with Crippen molar-refractivity contribution < 1.29 is 14.1 Å². The summed E-state index contributed by atoms with van der Waals surface area (Å²) in [6.45, 7) is 8.04. The molecule has 0 aliphatic heterocycles. The summed E-state index contributed by atoms with van der Waals surface area (Å²) in [5.41, 5.74) is 3.53. The Bertz CT molecular complexity index is 504. The molecule has 0 saturated carbocycles. The van der Waals surface area contributed by atoms with Crippen molar-refractivity contribution in [2.45, 2.75) is 33.6 Å². The van der Waals surface area contributed by atoms with Crippen LogP contribution in [0.25, 0.3) is 0 Å². The van der Waals surface area contributed by atoms with E-state index in [1.165, 1.54) is 7.11 Å². The first-order valence-electron chi connectivity index (χ1n) is 6.37. The van der Waals surface area contributed by atoms with E-state index in [-0.39, 0.29) is 5.97 Å². The molecule has 1 rings (SSSR count). The molecule has 0 radical (unpaired) electrons. The average molecular weight is 282 g/mol. The van der Waals surface area contributed by atoms with Gasteiger partial charge in [-0.15, -0.1) is 0 Å². The Kier molecular flexibility index (Phi) is 5.76. The molecule has 0 amide bonds. The molecular weight excluding hydrogens is 260 g/mol. The fourth-order valence-corrected chi connectivity index (χ4v) is 2.57. The summed E-state index contributed by atoms with van der Waals surface area (Å²) in [6, 6.07) is 3.83. The number of hydrogen-bond acceptors (Lipinski definition) is 3. The highest BCUT2D eigenvalue weighted by atomic mass is 32.2. The van der Waals surface area contributed by atoms with Crippen molar-refractivity contribution in [3.63, 3.8) is 0 Å². The number of ether oxygens (including phenoxy) is 1. The normalized spacial score (nSPS) is 12.8. The molecule has 106 valence electrons. The largest absolute Gasteiger partial charge is 0.465 e. The van der Waals surface area contributed by atoms with Gasteiger partial charge in [-0.1, -0.05) is 37.6 Å². The van der Waals surface area contributed by atoms with Crippen molar-refractivity contribution in [2.75, 3.05) is 12.9 Å². The lowest BCUT2D eigenvalue weighted by atomic mass is 9.93. The minimum atomic E-state index is -0.762. The van der Waals surface area contributed by atoms with Crippen LogP contribution in [0.3, 0.4) is 0 Å². The second-order valence-corrected chi connectivity index (χ2v) is 6.37. The molecule has 0 spiro atoms. The number of methoxy groups -OCH3 is 1. The molecule has 19 heavy (non-hydrogen) atoms. The fourth-order valence-electron chi connectivity index (χ4n) is 1.91. The van der Waals surface area contributed by atoms with Crippen LogP contribution in [0.15, 0.2) is 12.1 Å². The molecule has 0 saturated heterocycles. The first kappa shape index (κ1) is 15.9. The van der Waals surface area contributed by atoms with Crippen molar-refractivity contribution in [3.8, 4) is 0 Å². The number of hydrogen-bond donors (Lipinski definition) is 1. The van der Waals surface area contributed by atoms with Gasteiger partial charge in [0.2, 0.25) is 0 Å². The zero-order valence-corrected chi connectivity index (χ0v) is 13.0. The smallest absolute Gasteiger partial charge is 0.338 e. The molecule has 0 aliphatic carbocycles. The van der Waals surface area contributed by atoms with E-state index in [1.807, 2.05) is 31.3 Å². The third kappa shape index (κ3) is 3.91. The first-order chi connectivity index (χ1) is 8.90. The average Bonchev–Trinajstić information content (AvgIpc) is 2.38. The summed E-state index contributed by atoms with van der Waals surface area (Å²) in [5.74, 6) is 0.682. The summed E-state index contributed by atoms with van der Waals surface area (Å²) in [4.78, 5) is 11.7. The maximum atomic E-state index is 11.7. The molecule has 0 aromatic heterocycles. The molecule has 3 nitrogen and oxygen atoms in total. The molecular formula is C15H22O3S. The lowest BCUT2D eigenvalue weighted by Crippen LogP contribution is -2.07. The Morgan fingerprint density at radius 1 is 1.47 bits per heavy atom. The standard InChI is InChI=1S/C15H22O3S/c1-6-19(17)9-12-8-14(15(16)18-5)11(4)7-13(12)10(2)3/h7-10,17H,6H2,1-5H3. The summed E-state index contributed by atoms with van der Waals surface area (Å²) < 4.78 is 14.6. The van der Waals surface area contributed by atoms with Gasteiger partial charge < -0.3 is 9.29 Å². The predicted molar refractivity (Wildman–Crippen MR) is 82.5 cm³/mol. The summed E-state index contributed by atoms with van der Waals surface area (Å²) >= 11 is 0. The minimum Gasteiger partial charge on any atom is -0.465 e. The molecule has 0 aliphatic rings. The monoisotopic (exact) mass is 282 g/mol. The number of carbonyl (C=O) groups excluding carboxylic acids is 1. The van der Waals surface area contributed by atoms with Gasteiger partial charge in [0.15, 0.2) is 0 Å². The van der Waals surface area contributed by atoms with Crippen LogP contribution in [0.2, 0.25) is 0 Å². The van der Waals surface area contributed by atoms with Crippen LogP contribution < -0.4 is 0 Å². The quantitative estimate of drug-likeness (QED) is 0.674. The molecule has 1 aromatic rings. The highest BCUT2D eigenvalue weighted by Crippen LogP contribution is 2.24. The molecule has 1 N–H and O–H groups in total. The number of rotatable bonds is 4. The number of aryl methyl sites for hydroxylation is 1. The van der Waals surface area contributed by atoms with E-state index >= 15 is 0 Å². The zero-order chi connectivity index (χ0) is 14.6.